The van der Waals surface area contributed by atoms with Gasteiger partial charge in [0.15, 0.2) is 6.79 Å². The number of nitro groups is 1. The first-order chi connectivity index (χ1) is 25.4. The Morgan fingerprint density at radius 2 is 1.64 bits per heavy atom. The summed E-state index contributed by atoms with van der Waals surface area (Å²) in [5.41, 5.74) is 7.11. The number of benzene rings is 3. The number of carbonyl (C=O) groups excluding carboxylic acids is 4. The number of amides is 3. The average molecular weight is 735 g/mol. The lowest BCUT2D eigenvalue weighted by atomic mass is 9.90. The van der Waals surface area contributed by atoms with Crippen LogP contribution in [0, 0.1) is 16.0 Å². The Morgan fingerprint density at radius 3 is 2.26 bits per heavy atom. The number of carbonyl (C=O) groups is 4. The molecule has 0 spiro atoms. The number of hydrogen-bond donors (Lipinski definition) is 3. The monoisotopic (exact) mass is 734 g/mol. The van der Waals surface area contributed by atoms with Crippen LogP contribution in [-0.4, -0.2) is 62.3 Å². The molecule has 15 heteroatoms. The molecule has 4 N–H and O–H groups in total. The van der Waals surface area contributed by atoms with E-state index in [1.807, 2.05) is 0 Å². The van der Waals surface area contributed by atoms with E-state index in [1.54, 1.807) is 49.4 Å². The minimum absolute atomic E-state index is 0.00348. The van der Waals surface area contributed by atoms with Crippen LogP contribution in [-0.2, 0) is 30.3 Å². The molecule has 284 valence electrons. The highest BCUT2D eigenvalue weighted by atomic mass is 16.7. The molecule has 1 saturated carbocycles. The predicted molar refractivity (Wildman–Crippen MR) is 192 cm³/mol. The van der Waals surface area contributed by atoms with E-state index in [0.29, 0.717) is 29.4 Å². The zero-order valence-corrected chi connectivity index (χ0v) is 30.3. The van der Waals surface area contributed by atoms with Crippen molar-refractivity contribution in [1.82, 2.24) is 10.6 Å². The Balaban J connectivity index is 1.46. The van der Waals surface area contributed by atoms with Crippen LogP contribution in [0.1, 0.15) is 85.1 Å². The Hall–Kier alpha value is -5.70. The number of primary amides is 1. The van der Waals surface area contributed by atoms with Crippen molar-refractivity contribution in [3.8, 4) is 17.2 Å². The van der Waals surface area contributed by atoms with Gasteiger partial charge in [-0.15, -0.1) is 0 Å². The summed E-state index contributed by atoms with van der Waals surface area (Å²) in [6.45, 7) is 3.33. The highest BCUT2D eigenvalue weighted by Gasteiger charge is 2.29. The van der Waals surface area contributed by atoms with Crippen molar-refractivity contribution in [3.63, 3.8) is 0 Å². The third kappa shape index (κ3) is 11.4. The summed E-state index contributed by atoms with van der Waals surface area (Å²) in [4.78, 5) is 61.5. The summed E-state index contributed by atoms with van der Waals surface area (Å²) in [5.74, 6) is -1.22. The molecule has 3 amide bonds. The molecule has 0 bridgehead atoms. The molecule has 4 rings (SSSR count). The quantitative estimate of drug-likeness (QED) is 0.0696. The maximum absolute atomic E-state index is 13.5. The third-order valence-corrected chi connectivity index (χ3v) is 8.88. The van der Waals surface area contributed by atoms with Gasteiger partial charge in [0.1, 0.15) is 23.3 Å². The van der Waals surface area contributed by atoms with Crippen molar-refractivity contribution in [2.45, 2.75) is 70.6 Å². The van der Waals surface area contributed by atoms with E-state index in [-0.39, 0.29) is 41.5 Å². The Bertz CT molecular complexity index is 1760. The van der Waals surface area contributed by atoms with Crippen LogP contribution in [0.2, 0.25) is 0 Å². The average Bonchev–Trinajstić information content (AvgIpc) is 3.15. The van der Waals surface area contributed by atoms with Gasteiger partial charge in [-0.3, -0.25) is 24.5 Å². The van der Waals surface area contributed by atoms with Gasteiger partial charge >= 0.3 is 5.97 Å². The Morgan fingerprint density at radius 1 is 0.925 bits per heavy atom. The molecule has 3 aromatic rings. The molecule has 1 aliphatic rings. The van der Waals surface area contributed by atoms with E-state index in [9.17, 15) is 29.3 Å². The van der Waals surface area contributed by atoms with E-state index < -0.39 is 46.8 Å². The smallest absolute Gasteiger partial charge is 0.351 e. The van der Waals surface area contributed by atoms with Crippen LogP contribution < -0.4 is 30.6 Å². The molecular formula is C38H46N4O11. The number of hydrogen-bond acceptors (Lipinski definition) is 11. The number of non-ortho nitro benzene ring substituents is 1. The lowest BCUT2D eigenvalue weighted by Gasteiger charge is -2.23. The Kier molecular flexibility index (Phi) is 14.5. The molecule has 3 atom stereocenters. The maximum atomic E-state index is 13.5. The first-order valence-electron chi connectivity index (χ1n) is 17.3. The van der Waals surface area contributed by atoms with Crippen molar-refractivity contribution in [3.05, 3.63) is 93.0 Å². The molecule has 1 fully saturated rings. The zero-order chi connectivity index (χ0) is 38.5. The number of ether oxygens (including phenoxy) is 5. The zero-order valence-electron chi connectivity index (χ0n) is 30.3. The number of nitro benzene ring substituents is 1. The van der Waals surface area contributed by atoms with Crippen molar-refractivity contribution in [2.75, 3.05) is 27.6 Å². The van der Waals surface area contributed by atoms with E-state index in [4.69, 9.17) is 29.4 Å². The van der Waals surface area contributed by atoms with E-state index in [2.05, 4.69) is 10.6 Å². The van der Waals surface area contributed by atoms with Gasteiger partial charge in [0.05, 0.1) is 36.3 Å². The molecule has 53 heavy (non-hydrogen) atoms. The van der Waals surface area contributed by atoms with Crippen molar-refractivity contribution in [1.29, 1.82) is 0 Å². The summed E-state index contributed by atoms with van der Waals surface area (Å²) in [7, 11) is 2.55. The number of nitrogens with two attached hydrogens (primary N) is 1. The van der Waals surface area contributed by atoms with Gasteiger partial charge in [0, 0.05) is 32.1 Å². The molecule has 2 unspecified atom stereocenters. The summed E-state index contributed by atoms with van der Waals surface area (Å²) in [5, 5.41) is 17.0. The minimum Gasteiger partial charge on any atom is -0.492 e. The molecule has 1 aliphatic carbocycles. The summed E-state index contributed by atoms with van der Waals surface area (Å²) in [6.07, 6.45) is 4.50. The number of esters is 1. The molecule has 0 heterocycles. The molecule has 0 aromatic heterocycles. The summed E-state index contributed by atoms with van der Waals surface area (Å²) >= 11 is 0. The standard InChI is InChI=1S/C38H46N4O11/c1-23(27-12-17-33(31(19-27)36(39)44)51-21-26-8-6-5-7-9-26)40-37(45)32(41-24(2)43)18-25-10-14-29(15-11-25)53-35(38(46)50-4)30-16-13-28(42(47)48)20-34(30)52-22-49-3/h10-17,19-20,23,26,32,35H,5-9,18,21-22H2,1-4H3,(H2,39,44)(H,40,45)(H,41,43)/t23?,32-,35?/m0/s1. The molecule has 15 nitrogen and oxygen atoms in total. The second-order valence-electron chi connectivity index (χ2n) is 12.8. The van der Waals surface area contributed by atoms with Gasteiger partial charge in [-0.05, 0) is 67.1 Å². The van der Waals surface area contributed by atoms with Crippen LogP contribution in [0.15, 0.2) is 60.7 Å². The Labute approximate surface area is 307 Å². The first kappa shape index (κ1) is 40.1. The summed E-state index contributed by atoms with van der Waals surface area (Å²) in [6, 6.07) is 13.7. The molecular weight excluding hydrogens is 688 g/mol. The number of rotatable bonds is 18. The van der Waals surface area contributed by atoms with Gasteiger partial charge in [0.2, 0.25) is 17.9 Å². The fourth-order valence-corrected chi connectivity index (χ4v) is 6.07. The maximum Gasteiger partial charge on any atom is 0.351 e. The fourth-order valence-electron chi connectivity index (χ4n) is 6.07. The largest absolute Gasteiger partial charge is 0.492 e. The molecule has 3 aromatic carbocycles. The number of nitrogens with one attached hydrogen (secondary N) is 2. The number of nitrogens with zero attached hydrogens (tertiary/aromatic N) is 1. The minimum atomic E-state index is -1.36. The molecule has 0 saturated heterocycles. The highest BCUT2D eigenvalue weighted by molar-refractivity contribution is 5.96. The second-order valence-corrected chi connectivity index (χ2v) is 12.8. The lowest BCUT2D eigenvalue weighted by Crippen LogP contribution is -2.48. The van der Waals surface area contributed by atoms with E-state index >= 15 is 0 Å². The van der Waals surface area contributed by atoms with Crippen LogP contribution >= 0.6 is 0 Å². The van der Waals surface area contributed by atoms with E-state index in [1.165, 1.54) is 52.5 Å². The first-order valence-corrected chi connectivity index (χ1v) is 17.3. The third-order valence-electron chi connectivity index (χ3n) is 8.88. The van der Waals surface area contributed by atoms with E-state index in [0.717, 1.165) is 18.9 Å². The highest BCUT2D eigenvalue weighted by Crippen LogP contribution is 2.34. The molecule has 0 radical (unpaired) electrons. The topological polar surface area (TPSA) is 208 Å². The van der Waals surface area contributed by atoms with Crippen molar-refractivity contribution in [2.24, 2.45) is 11.7 Å². The van der Waals surface area contributed by atoms with Crippen LogP contribution in [0.5, 0.6) is 17.2 Å². The van der Waals surface area contributed by atoms with Gasteiger partial charge in [-0.1, -0.05) is 37.5 Å². The SMILES string of the molecule is COCOc1cc([N+](=O)[O-])ccc1C(Oc1ccc(C[C@H](NC(C)=O)C(=O)NC(C)c2ccc(OCC3CCCCC3)c(C(N)=O)c2)cc1)C(=O)OC. The summed E-state index contributed by atoms with van der Waals surface area (Å²) < 4.78 is 27.3. The van der Waals surface area contributed by atoms with Gasteiger partial charge < -0.3 is 40.1 Å². The van der Waals surface area contributed by atoms with Crippen molar-refractivity contribution >= 4 is 29.4 Å². The number of methoxy groups -OCH3 is 2. The predicted octanol–water partition coefficient (Wildman–Crippen LogP) is 4.85. The lowest BCUT2D eigenvalue weighted by molar-refractivity contribution is -0.385. The normalized spacial score (nSPS) is 14.6. The van der Waals surface area contributed by atoms with Crippen LogP contribution in [0.3, 0.4) is 0 Å². The van der Waals surface area contributed by atoms with Crippen LogP contribution in [0.25, 0.3) is 0 Å². The molecule has 0 aliphatic heterocycles. The van der Waals surface area contributed by atoms with Crippen LogP contribution in [0.4, 0.5) is 5.69 Å². The van der Waals surface area contributed by atoms with Gasteiger partial charge in [0.25, 0.3) is 11.6 Å². The fraction of sp³-hybridized carbons (Fsp3) is 0.421. The van der Waals surface area contributed by atoms with Crippen molar-refractivity contribution < 1.29 is 47.8 Å². The van der Waals surface area contributed by atoms with Gasteiger partial charge in [-0.2, -0.15) is 0 Å². The van der Waals surface area contributed by atoms with Gasteiger partial charge in [-0.25, -0.2) is 4.79 Å². The second kappa shape index (κ2) is 19.2.